The summed E-state index contributed by atoms with van der Waals surface area (Å²) in [5.74, 6) is 0.909. The third-order valence-electron chi connectivity index (χ3n) is 4.54. The Morgan fingerprint density at radius 3 is 2.73 bits per heavy atom. The van der Waals surface area contributed by atoms with E-state index in [-0.39, 0.29) is 30.9 Å². The summed E-state index contributed by atoms with van der Waals surface area (Å²) in [4.78, 5) is 26.4. The molecule has 2 aliphatic heterocycles. The fourth-order valence-electron chi connectivity index (χ4n) is 3.14. The van der Waals surface area contributed by atoms with E-state index in [0.29, 0.717) is 24.6 Å². The van der Waals surface area contributed by atoms with Crippen molar-refractivity contribution < 1.29 is 19.1 Å². The molecule has 0 radical (unpaired) electrons. The number of benzene rings is 2. The first-order valence-electron chi connectivity index (χ1n) is 8.32. The summed E-state index contributed by atoms with van der Waals surface area (Å²) in [5.41, 5.74) is 1.74. The number of nitrogens with one attached hydrogen (secondary N) is 1. The van der Waals surface area contributed by atoms with Crippen LogP contribution in [0.15, 0.2) is 46.9 Å². The summed E-state index contributed by atoms with van der Waals surface area (Å²) in [7, 11) is 0. The number of carbonyl (C=O) groups is 2. The minimum absolute atomic E-state index is 0.0319. The van der Waals surface area contributed by atoms with E-state index in [9.17, 15) is 9.59 Å². The minimum atomic E-state index is -0.347. The molecule has 6 nitrogen and oxygen atoms in total. The fourth-order valence-corrected chi connectivity index (χ4v) is 3.40. The topological polar surface area (TPSA) is 67.9 Å². The van der Waals surface area contributed by atoms with Crippen LogP contribution in [0, 0.1) is 5.92 Å². The lowest BCUT2D eigenvalue weighted by Gasteiger charge is -2.17. The van der Waals surface area contributed by atoms with Gasteiger partial charge in [-0.25, -0.2) is 0 Å². The van der Waals surface area contributed by atoms with Gasteiger partial charge in [0.25, 0.3) is 0 Å². The number of fused-ring (bicyclic) bond motifs is 1. The Kier molecular flexibility index (Phi) is 4.55. The molecule has 0 unspecified atom stereocenters. The summed E-state index contributed by atoms with van der Waals surface area (Å²) >= 11 is 3.38. The van der Waals surface area contributed by atoms with Gasteiger partial charge in [0.05, 0.1) is 5.92 Å². The van der Waals surface area contributed by atoms with E-state index in [1.165, 1.54) is 0 Å². The number of nitrogens with zero attached hydrogens (tertiary/aromatic N) is 1. The molecule has 26 heavy (non-hydrogen) atoms. The van der Waals surface area contributed by atoms with Crippen LogP contribution >= 0.6 is 15.9 Å². The second-order valence-electron chi connectivity index (χ2n) is 6.29. The molecule has 4 rings (SSSR count). The zero-order valence-corrected chi connectivity index (χ0v) is 15.5. The second-order valence-corrected chi connectivity index (χ2v) is 7.20. The minimum Gasteiger partial charge on any atom is -0.454 e. The van der Waals surface area contributed by atoms with E-state index in [1.54, 1.807) is 4.90 Å². The maximum Gasteiger partial charge on any atom is 0.231 e. The lowest BCUT2D eigenvalue weighted by Crippen LogP contribution is -2.32. The highest BCUT2D eigenvalue weighted by molar-refractivity contribution is 9.10. The third kappa shape index (κ3) is 3.39. The molecule has 1 saturated heterocycles. The normalized spacial score (nSPS) is 18.3. The molecule has 2 aromatic rings. The lowest BCUT2D eigenvalue weighted by molar-refractivity contribution is -0.126. The van der Waals surface area contributed by atoms with Crippen molar-refractivity contribution in [3.63, 3.8) is 0 Å². The molecule has 2 heterocycles. The Hall–Kier alpha value is -2.54. The molecular formula is C19H17BrN2O4. The lowest BCUT2D eigenvalue weighted by atomic mass is 10.1. The number of hydrogen-bond donors (Lipinski definition) is 1. The van der Waals surface area contributed by atoms with E-state index in [2.05, 4.69) is 21.2 Å². The summed E-state index contributed by atoms with van der Waals surface area (Å²) in [5, 5.41) is 2.91. The molecule has 1 fully saturated rings. The maximum absolute atomic E-state index is 12.5. The van der Waals surface area contributed by atoms with Crippen LogP contribution in [0.4, 0.5) is 5.69 Å². The van der Waals surface area contributed by atoms with Crippen LogP contribution in [0.3, 0.4) is 0 Å². The highest BCUT2D eigenvalue weighted by Gasteiger charge is 2.35. The van der Waals surface area contributed by atoms with Crippen LogP contribution in [0.5, 0.6) is 11.5 Å². The van der Waals surface area contributed by atoms with Crippen LogP contribution in [0.2, 0.25) is 0 Å². The summed E-state index contributed by atoms with van der Waals surface area (Å²) in [6.45, 7) is 1.01. The maximum atomic E-state index is 12.5. The standard InChI is InChI=1S/C19H17BrN2O4/c20-14-2-4-15(5-3-14)22-10-13(8-18(22)23)19(24)21-9-12-1-6-16-17(7-12)26-11-25-16/h1-7,13H,8-11H2,(H,21,24)/t13-/m1/s1. The smallest absolute Gasteiger partial charge is 0.231 e. The Labute approximate surface area is 159 Å². The zero-order valence-electron chi connectivity index (χ0n) is 13.9. The highest BCUT2D eigenvalue weighted by Crippen LogP contribution is 2.32. The molecule has 0 saturated carbocycles. The van der Waals surface area contributed by atoms with Gasteiger partial charge in [-0.1, -0.05) is 22.0 Å². The Morgan fingerprint density at radius 1 is 1.15 bits per heavy atom. The molecule has 0 spiro atoms. The molecule has 0 aliphatic carbocycles. The van der Waals surface area contributed by atoms with Gasteiger partial charge in [-0.2, -0.15) is 0 Å². The summed E-state index contributed by atoms with van der Waals surface area (Å²) < 4.78 is 11.6. The quantitative estimate of drug-likeness (QED) is 0.831. The molecule has 134 valence electrons. The Morgan fingerprint density at radius 2 is 1.92 bits per heavy atom. The average Bonchev–Trinajstić information content (AvgIpc) is 3.26. The molecule has 1 N–H and O–H groups in total. The van der Waals surface area contributed by atoms with E-state index in [0.717, 1.165) is 15.7 Å². The summed E-state index contributed by atoms with van der Waals surface area (Å²) in [6.07, 6.45) is 0.225. The number of anilines is 1. The molecule has 0 bridgehead atoms. The number of halogens is 1. The van der Waals surface area contributed by atoms with Crippen molar-refractivity contribution in [3.05, 3.63) is 52.5 Å². The van der Waals surface area contributed by atoms with Crippen LogP contribution in [-0.4, -0.2) is 25.2 Å². The molecule has 1 atom stereocenters. The molecule has 0 aromatic heterocycles. The predicted octanol–water partition coefficient (Wildman–Crippen LogP) is 2.85. The number of rotatable bonds is 4. The SMILES string of the molecule is O=C(NCc1ccc2c(c1)OCO2)[C@@H]1CC(=O)N(c2ccc(Br)cc2)C1. The van der Waals surface area contributed by atoms with Gasteiger partial charge in [0.2, 0.25) is 18.6 Å². The zero-order chi connectivity index (χ0) is 18.1. The average molecular weight is 417 g/mol. The van der Waals surface area contributed by atoms with Gasteiger partial charge >= 0.3 is 0 Å². The Bertz CT molecular complexity index is 853. The van der Waals surface area contributed by atoms with Gasteiger partial charge in [0.1, 0.15) is 0 Å². The largest absolute Gasteiger partial charge is 0.454 e. The van der Waals surface area contributed by atoms with Crippen LogP contribution < -0.4 is 19.7 Å². The molecule has 2 aliphatic rings. The van der Waals surface area contributed by atoms with Gasteiger partial charge in [-0.15, -0.1) is 0 Å². The molecule has 2 aromatic carbocycles. The number of hydrogen-bond acceptors (Lipinski definition) is 4. The number of ether oxygens (including phenoxy) is 2. The van der Waals surface area contributed by atoms with Crippen molar-refractivity contribution in [1.29, 1.82) is 0 Å². The highest BCUT2D eigenvalue weighted by atomic mass is 79.9. The Balaban J connectivity index is 1.36. The number of amides is 2. The third-order valence-corrected chi connectivity index (χ3v) is 5.07. The van der Waals surface area contributed by atoms with E-state index in [4.69, 9.17) is 9.47 Å². The fraction of sp³-hybridized carbons (Fsp3) is 0.263. The predicted molar refractivity (Wildman–Crippen MR) is 99.0 cm³/mol. The number of carbonyl (C=O) groups excluding carboxylic acids is 2. The van der Waals surface area contributed by atoms with Crippen molar-refractivity contribution in [2.24, 2.45) is 5.92 Å². The van der Waals surface area contributed by atoms with Gasteiger partial charge < -0.3 is 19.7 Å². The first-order chi connectivity index (χ1) is 12.6. The van der Waals surface area contributed by atoms with E-state index < -0.39 is 0 Å². The van der Waals surface area contributed by atoms with Gasteiger partial charge in [0, 0.05) is 29.7 Å². The van der Waals surface area contributed by atoms with Gasteiger partial charge in [-0.3, -0.25) is 9.59 Å². The van der Waals surface area contributed by atoms with Crippen molar-refractivity contribution >= 4 is 33.4 Å². The van der Waals surface area contributed by atoms with Crippen molar-refractivity contribution in [2.75, 3.05) is 18.2 Å². The van der Waals surface area contributed by atoms with Gasteiger partial charge in [0.15, 0.2) is 11.5 Å². The second kappa shape index (κ2) is 6.99. The summed E-state index contributed by atoms with van der Waals surface area (Å²) in [6, 6.07) is 13.1. The van der Waals surface area contributed by atoms with Gasteiger partial charge in [-0.05, 0) is 42.0 Å². The van der Waals surface area contributed by atoms with Crippen molar-refractivity contribution in [2.45, 2.75) is 13.0 Å². The molecule has 2 amide bonds. The molecule has 7 heteroatoms. The van der Waals surface area contributed by atoms with Crippen molar-refractivity contribution in [3.8, 4) is 11.5 Å². The van der Waals surface area contributed by atoms with E-state index in [1.807, 2.05) is 42.5 Å². The van der Waals surface area contributed by atoms with Crippen LogP contribution in [0.25, 0.3) is 0 Å². The first-order valence-corrected chi connectivity index (χ1v) is 9.11. The first kappa shape index (κ1) is 16.9. The van der Waals surface area contributed by atoms with E-state index >= 15 is 0 Å². The van der Waals surface area contributed by atoms with Crippen LogP contribution in [-0.2, 0) is 16.1 Å². The van der Waals surface area contributed by atoms with Crippen LogP contribution in [0.1, 0.15) is 12.0 Å². The monoisotopic (exact) mass is 416 g/mol. The molecular weight excluding hydrogens is 400 g/mol. The van der Waals surface area contributed by atoms with Crippen molar-refractivity contribution in [1.82, 2.24) is 5.32 Å².